The van der Waals surface area contributed by atoms with Crippen molar-refractivity contribution in [2.75, 3.05) is 17.3 Å². The van der Waals surface area contributed by atoms with Crippen molar-refractivity contribution in [3.63, 3.8) is 0 Å². The highest BCUT2D eigenvalue weighted by Gasteiger charge is 2.06. The van der Waals surface area contributed by atoms with Crippen molar-refractivity contribution < 1.29 is 9.59 Å². The van der Waals surface area contributed by atoms with E-state index in [1.165, 1.54) is 6.92 Å². The van der Waals surface area contributed by atoms with Crippen molar-refractivity contribution in [2.24, 2.45) is 0 Å². The van der Waals surface area contributed by atoms with Crippen LogP contribution in [0.1, 0.15) is 39.5 Å². The summed E-state index contributed by atoms with van der Waals surface area (Å²) in [6.07, 6.45) is 3.67. The fraction of sp³-hybridized carbons (Fsp3) is 0.467. The van der Waals surface area contributed by atoms with Crippen LogP contribution in [0.3, 0.4) is 0 Å². The maximum Gasteiger partial charge on any atom is 0.224 e. The molecule has 0 aliphatic carbocycles. The lowest BCUT2D eigenvalue weighted by atomic mass is 10.2. The Morgan fingerprint density at radius 1 is 1.16 bits per heavy atom. The van der Waals surface area contributed by atoms with Crippen LogP contribution in [0, 0.1) is 0 Å². The van der Waals surface area contributed by atoms with E-state index >= 15 is 0 Å². The fourth-order valence-electron chi connectivity index (χ4n) is 1.71. The highest BCUT2D eigenvalue weighted by atomic mass is 16.2. The summed E-state index contributed by atoms with van der Waals surface area (Å²) in [6.45, 7) is 3.63. The van der Waals surface area contributed by atoms with Gasteiger partial charge in [-0.05, 0) is 30.7 Å². The van der Waals surface area contributed by atoms with Gasteiger partial charge in [0.15, 0.2) is 0 Å². The lowest BCUT2D eigenvalue weighted by molar-refractivity contribution is -0.117. The van der Waals surface area contributed by atoms with Crippen LogP contribution in [0.4, 0.5) is 11.4 Å². The molecule has 2 amide bonds. The van der Waals surface area contributed by atoms with Gasteiger partial charge in [0.25, 0.3) is 0 Å². The van der Waals surface area contributed by atoms with Crippen LogP contribution < -0.4 is 10.2 Å². The van der Waals surface area contributed by atoms with Gasteiger partial charge in [0.05, 0.1) is 0 Å². The summed E-state index contributed by atoms with van der Waals surface area (Å²) in [6, 6.07) is 7.27. The van der Waals surface area contributed by atoms with E-state index in [-0.39, 0.29) is 11.8 Å². The third kappa shape index (κ3) is 5.12. The van der Waals surface area contributed by atoms with Gasteiger partial charge >= 0.3 is 0 Å². The SMILES string of the molecule is CCCCCC(=O)Nc1ccc(N(C)C(C)=O)cc1. The molecule has 0 aliphatic rings. The average molecular weight is 262 g/mol. The van der Waals surface area contributed by atoms with Crippen LogP contribution in [0.25, 0.3) is 0 Å². The molecule has 1 aromatic carbocycles. The summed E-state index contributed by atoms with van der Waals surface area (Å²) < 4.78 is 0. The number of nitrogens with one attached hydrogen (secondary N) is 1. The van der Waals surface area contributed by atoms with Gasteiger partial charge < -0.3 is 10.2 Å². The molecule has 0 saturated heterocycles. The van der Waals surface area contributed by atoms with E-state index < -0.39 is 0 Å². The second kappa shape index (κ2) is 7.56. The van der Waals surface area contributed by atoms with E-state index in [0.717, 1.165) is 30.6 Å². The number of carbonyl (C=O) groups excluding carboxylic acids is 2. The highest BCUT2D eigenvalue weighted by Crippen LogP contribution is 2.17. The minimum absolute atomic E-state index is 0.0173. The standard InChI is InChI=1S/C15H22N2O2/c1-4-5-6-7-15(19)16-13-8-10-14(11-9-13)17(3)12(2)18/h8-11H,4-7H2,1-3H3,(H,16,19). The number of nitrogens with zero attached hydrogens (tertiary/aromatic N) is 1. The Morgan fingerprint density at radius 2 is 1.79 bits per heavy atom. The maximum absolute atomic E-state index is 11.6. The van der Waals surface area contributed by atoms with Gasteiger partial charge in [-0.3, -0.25) is 9.59 Å². The number of carbonyl (C=O) groups is 2. The Balaban J connectivity index is 2.52. The minimum atomic E-state index is -0.0173. The predicted molar refractivity (Wildman–Crippen MR) is 78.3 cm³/mol. The van der Waals surface area contributed by atoms with Gasteiger partial charge in [-0.1, -0.05) is 19.8 Å². The number of rotatable bonds is 6. The molecule has 104 valence electrons. The lowest BCUT2D eigenvalue weighted by Crippen LogP contribution is -2.22. The Bertz CT molecular complexity index is 426. The monoisotopic (exact) mass is 262 g/mol. The van der Waals surface area contributed by atoms with Crippen molar-refractivity contribution in [1.82, 2.24) is 0 Å². The number of hydrogen-bond acceptors (Lipinski definition) is 2. The number of anilines is 2. The summed E-state index contributed by atoms with van der Waals surface area (Å²) in [7, 11) is 1.72. The molecule has 0 bridgehead atoms. The molecule has 0 aliphatic heterocycles. The van der Waals surface area contributed by atoms with E-state index in [2.05, 4.69) is 12.2 Å². The van der Waals surface area contributed by atoms with Crippen LogP contribution in [0.15, 0.2) is 24.3 Å². The van der Waals surface area contributed by atoms with E-state index in [9.17, 15) is 9.59 Å². The van der Waals surface area contributed by atoms with Gasteiger partial charge in [-0.25, -0.2) is 0 Å². The Morgan fingerprint density at radius 3 is 2.32 bits per heavy atom. The first-order valence-corrected chi connectivity index (χ1v) is 6.68. The van der Waals surface area contributed by atoms with E-state index in [4.69, 9.17) is 0 Å². The highest BCUT2D eigenvalue weighted by molar-refractivity contribution is 5.93. The number of amides is 2. The van der Waals surface area contributed by atoms with Crippen molar-refractivity contribution in [1.29, 1.82) is 0 Å². The van der Waals surface area contributed by atoms with Crippen molar-refractivity contribution in [3.8, 4) is 0 Å². The second-order valence-electron chi connectivity index (χ2n) is 4.63. The van der Waals surface area contributed by atoms with Crippen LogP contribution in [-0.4, -0.2) is 18.9 Å². The second-order valence-corrected chi connectivity index (χ2v) is 4.63. The summed E-state index contributed by atoms with van der Waals surface area (Å²) in [4.78, 5) is 24.4. The van der Waals surface area contributed by atoms with Crippen LogP contribution in [0.5, 0.6) is 0 Å². The summed E-state index contributed by atoms with van der Waals surface area (Å²) in [5.41, 5.74) is 1.58. The summed E-state index contributed by atoms with van der Waals surface area (Å²) in [5, 5.41) is 2.85. The molecule has 0 heterocycles. The fourth-order valence-corrected chi connectivity index (χ4v) is 1.71. The predicted octanol–water partition coefficient (Wildman–Crippen LogP) is 3.19. The molecule has 0 saturated carbocycles. The molecule has 0 spiro atoms. The van der Waals surface area contributed by atoms with Gasteiger partial charge in [0.1, 0.15) is 0 Å². The minimum Gasteiger partial charge on any atom is -0.326 e. The zero-order valence-electron chi connectivity index (χ0n) is 11.9. The summed E-state index contributed by atoms with van der Waals surface area (Å²) in [5.74, 6) is 0.0254. The zero-order chi connectivity index (χ0) is 14.3. The molecule has 0 unspecified atom stereocenters. The summed E-state index contributed by atoms with van der Waals surface area (Å²) >= 11 is 0. The molecule has 1 aromatic rings. The molecular weight excluding hydrogens is 240 g/mol. The molecule has 0 atom stereocenters. The van der Waals surface area contributed by atoms with Gasteiger partial charge in [0.2, 0.25) is 11.8 Å². The Hall–Kier alpha value is -1.84. The first-order chi connectivity index (χ1) is 9.04. The molecule has 0 aromatic heterocycles. The largest absolute Gasteiger partial charge is 0.326 e. The normalized spacial score (nSPS) is 10.1. The van der Waals surface area contributed by atoms with Gasteiger partial charge in [-0.2, -0.15) is 0 Å². The average Bonchev–Trinajstić information content (AvgIpc) is 2.39. The van der Waals surface area contributed by atoms with Crippen LogP contribution in [0.2, 0.25) is 0 Å². The molecule has 1 N–H and O–H groups in total. The van der Waals surface area contributed by atoms with E-state index in [0.29, 0.717) is 6.42 Å². The molecule has 4 heteroatoms. The number of hydrogen-bond donors (Lipinski definition) is 1. The molecule has 1 rings (SSSR count). The lowest BCUT2D eigenvalue weighted by Gasteiger charge is -2.15. The first kappa shape index (κ1) is 15.2. The zero-order valence-corrected chi connectivity index (χ0v) is 11.9. The first-order valence-electron chi connectivity index (χ1n) is 6.68. The van der Waals surface area contributed by atoms with Crippen LogP contribution >= 0.6 is 0 Å². The van der Waals surface area contributed by atoms with Gasteiger partial charge in [0, 0.05) is 31.8 Å². The van der Waals surface area contributed by atoms with Crippen molar-refractivity contribution in [2.45, 2.75) is 39.5 Å². The molecular formula is C15H22N2O2. The smallest absolute Gasteiger partial charge is 0.224 e. The molecule has 19 heavy (non-hydrogen) atoms. The number of benzene rings is 1. The number of unbranched alkanes of at least 4 members (excludes halogenated alkanes) is 2. The molecule has 4 nitrogen and oxygen atoms in total. The topological polar surface area (TPSA) is 49.4 Å². The van der Waals surface area contributed by atoms with Gasteiger partial charge in [-0.15, -0.1) is 0 Å². The Kier molecular flexibility index (Phi) is 6.06. The quantitative estimate of drug-likeness (QED) is 0.800. The van der Waals surface area contributed by atoms with Crippen LogP contribution in [-0.2, 0) is 9.59 Å². The third-order valence-electron chi connectivity index (χ3n) is 3.02. The van der Waals surface area contributed by atoms with E-state index in [1.807, 2.05) is 24.3 Å². The van der Waals surface area contributed by atoms with Crippen molar-refractivity contribution >= 4 is 23.2 Å². The molecule has 0 radical (unpaired) electrons. The maximum atomic E-state index is 11.6. The van der Waals surface area contributed by atoms with Crippen molar-refractivity contribution in [3.05, 3.63) is 24.3 Å². The van der Waals surface area contributed by atoms with E-state index in [1.54, 1.807) is 11.9 Å². The Labute approximate surface area is 114 Å². The molecule has 0 fully saturated rings. The third-order valence-corrected chi connectivity index (χ3v) is 3.02.